The van der Waals surface area contributed by atoms with Gasteiger partial charge in [-0.25, -0.2) is 0 Å². The summed E-state index contributed by atoms with van der Waals surface area (Å²) in [4.78, 5) is 24.9. The number of ether oxygens (including phenoxy) is 1. The fourth-order valence-electron chi connectivity index (χ4n) is 2.59. The van der Waals surface area contributed by atoms with Gasteiger partial charge in [0.25, 0.3) is 5.91 Å². The lowest BCUT2D eigenvalue weighted by molar-refractivity contribution is -0.897. The molecule has 0 bridgehead atoms. The number of carbonyl (C=O) groups excluding carboxylic acids is 2. The number of quaternary nitrogens is 1. The maximum Gasteiger partial charge on any atom is 0.309 e. The van der Waals surface area contributed by atoms with E-state index < -0.39 is 0 Å². The maximum atomic E-state index is 12.0. The lowest BCUT2D eigenvalue weighted by Crippen LogP contribution is -3.14. The van der Waals surface area contributed by atoms with Gasteiger partial charge in [0.05, 0.1) is 31.2 Å². The van der Waals surface area contributed by atoms with Crippen molar-refractivity contribution in [2.45, 2.75) is 19.8 Å². The number of esters is 1. The Morgan fingerprint density at radius 1 is 1.50 bits per heavy atom. The lowest BCUT2D eigenvalue weighted by Gasteiger charge is -2.27. The van der Waals surface area contributed by atoms with Crippen molar-refractivity contribution < 1.29 is 19.2 Å². The van der Waals surface area contributed by atoms with Gasteiger partial charge >= 0.3 is 5.97 Å². The first kappa shape index (κ1) is 16.5. The quantitative estimate of drug-likeness (QED) is 0.770. The first-order chi connectivity index (χ1) is 10.6. The monoisotopic (exact) mass is 322 g/mol. The molecule has 1 aliphatic rings. The molecule has 2 rings (SSSR count). The zero-order chi connectivity index (χ0) is 15.9. The van der Waals surface area contributed by atoms with Crippen LogP contribution in [-0.2, 0) is 14.3 Å². The summed E-state index contributed by atoms with van der Waals surface area (Å²) in [6.45, 7) is 4.15. The van der Waals surface area contributed by atoms with Gasteiger partial charge in [0.2, 0.25) is 0 Å². The zero-order valence-corrected chi connectivity index (χ0v) is 13.4. The van der Waals surface area contributed by atoms with Crippen molar-refractivity contribution in [1.82, 2.24) is 0 Å². The smallest absolute Gasteiger partial charge is 0.309 e. The Morgan fingerprint density at radius 2 is 2.23 bits per heavy atom. The molecule has 1 saturated heterocycles. The minimum absolute atomic E-state index is 0.0331. The van der Waals surface area contributed by atoms with Gasteiger partial charge in [-0.2, -0.15) is 5.26 Å². The van der Waals surface area contributed by atoms with Crippen LogP contribution < -0.4 is 10.2 Å². The van der Waals surface area contributed by atoms with E-state index in [-0.39, 0.29) is 17.8 Å². The maximum absolute atomic E-state index is 12.0. The van der Waals surface area contributed by atoms with E-state index in [1.165, 1.54) is 11.3 Å². The van der Waals surface area contributed by atoms with Crippen molar-refractivity contribution in [1.29, 1.82) is 5.26 Å². The Morgan fingerprint density at radius 3 is 2.86 bits per heavy atom. The summed E-state index contributed by atoms with van der Waals surface area (Å²) >= 11 is 1.35. The number of nitrogens with one attached hydrogen (secondary N) is 2. The number of nitrogens with zero attached hydrogens (tertiary/aromatic N) is 1. The number of amides is 1. The van der Waals surface area contributed by atoms with E-state index in [0.29, 0.717) is 23.7 Å². The predicted octanol–water partition coefficient (Wildman–Crippen LogP) is 0.416. The largest absolute Gasteiger partial charge is 0.466 e. The second-order valence-electron chi connectivity index (χ2n) is 5.28. The van der Waals surface area contributed by atoms with Gasteiger partial charge in [0.1, 0.15) is 11.1 Å². The van der Waals surface area contributed by atoms with E-state index >= 15 is 0 Å². The summed E-state index contributed by atoms with van der Waals surface area (Å²) in [5.41, 5.74) is 0.495. The second kappa shape index (κ2) is 7.92. The van der Waals surface area contributed by atoms with Gasteiger partial charge in [-0.05, 0) is 18.4 Å². The molecule has 0 radical (unpaired) electrons. The molecule has 0 saturated carbocycles. The topological polar surface area (TPSA) is 83.6 Å². The normalized spacial score (nSPS) is 20.9. The van der Waals surface area contributed by atoms with Crippen LogP contribution in [0.25, 0.3) is 0 Å². The van der Waals surface area contributed by atoms with Crippen LogP contribution in [-0.4, -0.2) is 38.1 Å². The highest BCUT2D eigenvalue weighted by atomic mass is 32.1. The number of carbonyl (C=O) groups is 2. The standard InChI is InChI=1S/C15H19N3O3S/c1-2-21-15(20)11-3-6-18(7-4-11)10-13(19)17-14-12(9-16)5-8-22-14/h5,8,11H,2-4,6-7,10H2,1H3,(H,17,19)/p+1. The average Bonchev–Trinajstić information content (AvgIpc) is 2.95. The van der Waals surface area contributed by atoms with E-state index in [9.17, 15) is 9.59 Å². The van der Waals surface area contributed by atoms with Crippen molar-refractivity contribution in [3.05, 3.63) is 17.0 Å². The molecule has 118 valence electrons. The van der Waals surface area contributed by atoms with Crippen LogP contribution in [0.2, 0.25) is 0 Å². The van der Waals surface area contributed by atoms with Crippen molar-refractivity contribution in [3.8, 4) is 6.07 Å². The molecule has 0 aromatic carbocycles. The number of thiophene rings is 1. The average molecular weight is 322 g/mol. The Hall–Kier alpha value is -1.91. The van der Waals surface area contributed by atoms with E-state index in [4.69, 9.17) is 10.00 Å². The molecule has 2 heterocycles. The van der Waals surface area contributed by atoms with Crippen LogP contribution in [0, 0.1) is 17.2 Å². The molecule has 1 amide bonds. The number of nitriles is 1. The SMILES string of the molecule is CCOC(=O)C1CC[NH+](CC(=O)Nc2sccc2C#N)CC1. The van der Waals surface area contributed by atoms with Gasteiger partial charge in [0.15, 0.2) is 6.54 Å². The van der Waals surface area contributed by atoms with Crippen LogP contribution in [0.15, 0.2) is 11.4 Å². The summed E-state index contributed by atoms with van der Waals surface area (Å²) < 4.78 is 5.04. The van der Waals surface area contributed by atoms with Crippen molar-refractivity contribution >= 4 is 28.2 Å². The fraction of sp³-hybridized carbons (Fsp3) is 0.533. The van der Waals surface area contributed by atoms with Gasteiger partial charge < -0.3 is 15.0 Å². The molecule has 0 unspecified atom stereocenters. The van der Waals surface area contributed by atoms with Crippen molar-refractivity contribution in [2.24, 2.45) is 5.92 Å². The van der Waals surface area contributed by atoms with Crippen molar-refractivity contribution in [3.63, 3.8) is 0 Å². The van der Waals surface area contributed by atoms with E-state index in [2.05, 4.69) is 11.4 Å². The number of rotatable bonds is 5. The lowest BCUT2D eigenvalue weighted by atomic mass is 9.97. The molecule has 22 heavy (non-hydrogen) atoms. The van der Waals surface area contributed by atoms with Crippen LogP contribution in [0.5, 0.6) is 0 Å². The summed E-state index contributed by atoms with van der Waals surface area (Å²) in [5, 5.41) is 14.1. The summed E-state index contributed by atoms with van der Waals surface area (Å²) in [6.07, 6.45) is 1.51. The molecule has 6 nitrogen and oxygen atoms in total. The molecular weight excluding hydrogens is 302 g/mol. The van der Waals surface area contributed by atoms with Crippen molar-refractivity contribution in [2.75, 3.05) is 31.6 Å². The first-order valence-electron chi connectivity index (χ1n) is 7.41. The van der Waals surface area contributed by atoms with Gasteiger partial charge in [0, 0.05) is 12.8 Å². The highest BCUT2D eigenvalue weighted by molar-refractivity contribution is 7.14. The highest BCUT2D eigenvalue weighted by Gasteiger charge is 2.29. The summed E-state index contributed by atoms with van der Waals surface area (Å²) in [5.74, 6) is -0.249. The van der Waals surface area contributed by atoms with E-state index in [0.717, 1.165) is 30.8 Å². The molecule has 1 fully saturated rings. The molecule has 0 atom stereocenters. The predicted molar refractivity (Wildman–Crippen MR) is 82.6 cm³/mol. The minimum atomic E-state index is -0.122. The fourth-order valence-corrected chi connectivity index (χ4v) is 3.34. The number of anilines is 1. The van der Waals surface area contributed by atoms with Crippen LogP contribution in [0.3, 0.4) is 0 Å². The Bertz CT molecular complexity index is 571. The third kappa shape index (κ3) is 4.29. The minimum Gasteiger partial charge on any atom is -0.466 e. The molecule has 1 aliphatic heterocycles. The highest BCUT2D eigenvalue weighted by Crippen LogP contribution is 2.21. The summed E-state index contributed by atoms with van der Waals surface area (Å²) in [6, 6.07) is 3.74. The molecule has 0 spiro atoms. The van der Waals surface area contributed by atoms with Crippen LogP contribution in [0.1, 0.15) is 25.3 Å². The Kier molecular flexibility index (Phi) is 5.92. The van der Waals surface area contributed by atoms with Gasteiger partial charge in [-0.3, -0.25) is 9.59 Å². The molecule has 1 aromatic heterocycles. The molecule has 0 aliphatic carbocycles. The van der Waals surface area contributed by atoms with Gasteiger partial charge in [-0.1, -0.05) is 0 Å². The van der Waals surface area contributed by atoms with Crippen LogP contribution >= 0.6 is 11.3 Å². The molecular formula is C15H20N3O3S+. The Labute approximate surface area is 133 Å². The van der Waals surface area contributed by atoms with Gasteiger partial charge in [-0.15, -0.1) is 11.3 Å². The summed E-state index contributed by atoms with van der Waals surface area (Å²) in [7, 11) is 0. The first-order valence-corrected chi connectivity index (χ1v) is 8.29. The third-order valence-electron chi connectivity index (χ3n) is 3.76. The van der Waals surface area contributed by atoms with Crippen LogP contribution in [0.4, 0.5) is 5.00 Å². The number of hydrogen-bond donors (Lipinski definition) is 2. The zero-order valence-electron chi connectivity index (χ0n) is 12.6. The number of hydrogen-bond acceptors (Lipinski definition) is 5. The molecule has 7 heteroatoms. The number of piperidine rings is 1. The van der Waals surface area contributed by atoms with E-state index in [1.54, 1.807) is 11.4 Å². The van der Waals surface area contributed by atoms with E-state index in [1.807, 2.05) is 6.92 Å². The third-order valence-corrected chi connectivity index (χ3v) is 4.59. The second-order valence-corrected chi connectivity index (χ2v) is 6.19. The molecule has 2 N–H and O–H groups in total. The number of likely N-dealkylation sites (tertiary alicyclic amines) is 1. The Balaban J connectivity index is 1.77. The molecule has 1 aromatic rings.